The molecule has 0 bridgehead atoms. The first-order chi connectivity index (χ1) is 18.3. The molecule has 10 nitrogen and oxygen atoms in total. The second-order valence-corrected chi connectivity index (χ2v) is 11.3. The number of nitrogens with one attached hydrogen (secondary N) is 2. The molecule has 1 atom stereocenters. The van der Waals surface area contributed by atoms with Crippen LogP contribution in [0, 0.1) is 0 Å². The number of amidine groups is 1. The van der Waals surface area contributed by atoms with E-state index >= 15 is 0 Å². The Hall–Kier alpha value is -3.74. The van der Waals surface area contributed by atoms with E-state index in [1.165, 1.54) is 10.5 Å². The molecule has 0 aliphatic carbocycles. The minimum Gasteiger partial charge on any atom is -0.455 e. The van der Waals surface area contributed by atoms with Crippen LogP contribution in [0.4, 0.5) is 5.69 Å². The zero-order valence-electron chi connectivity index (χ0n) is 20.8. The third-order valence-electron chi connectivity index (χ3n) is 5.65. The van der Waals surface area contributed by atoms with Crippen LogP contribution in [-0.4, -0.2) is 54.3 Å². The van der Waals surface area contributed by atoms with Crippen molar-refractivity contribution in [1.82, 2.24) is 9.62 Å². The number of hydrogen-bond acceptors (Lipinski definition) is 8. The van der Waals surface area contributed by atoms with Gasteiger partial charge in [-0.25, -0.2) is 8.42 Å². The van der Waals surface area contributed by atoms with Gasteiger partial charge in [0.1, 0.15) is 16.8 Å². The zero-order valence-corrected chi connectivity index (χ0v) is 22.5. The summed E-state index contributed by atoms with van der Waals surface area (Å²) in [6.45, 7) is 4.40. The first kappa shape index (κ1) is 27.3. The van der Waals surface area contributed by atoms with Crippen molar-refractivity contribution in [2.45, 2.75) is 30.4 Å². The molecule has 198 valence electrons. The lowest BCUT2D eigenvalue weighted by atomic mass is 10.2. The highest BCUT2D eigenvalue weighted by molar-refractivity contribution is 8.15. The molecule has 0 spiro atoms. The summed E-state index contributed by atoms with van der Waals surface area (Å²) < 4.78 is 32.5. The lowest BCUT2D eigenvalue weighted by Crippen LogP contribution is -2.30. The van der Waals surface area contributed by atoms with E-state index in [1.54, 1.807) is 62.4 Å². The third-order valence-corrected chi connectivity index (χ3v) is 8.78. The van der Waals surface area contributed by atoms with Gasteiger partial charge in [-0.1, -0.05) is 43.8 Å². The SMILES string of the molecule is CCN(CC)S(=O)(=O)c1ccc(-c2ccc(C=N/N=C3/NC(=O)C(CC(=O)Nc4ccccc4)S3)o2)cc1. The second kappa shape index (κ2) is 12.2. The van der Waals surface area contributed by atoms with Gasteiger partial charge in [0, 0.05) is 30.8 Å². The van der Waals surface area contributed by atoms with Crippen LogP contribution in [0.25, 0.3) is 11.3 Å². The van der Waals surface area contributed by atoms with Crippen molar-refractivity contribution < 1.29 is 22.4 Å². The van der Waals surface area contributed by atoms with Crippen molar-refractivity contribution in [2.24, 2.45) is 10.2 Å². The highest BCUT2D eigenvalue weighted by Gasteiger charge is 2.32. The van der Waals surface area contributed by atoms with Gasteiger partial charge < -0.3 is 15.1 Å². The van der Waals surface area contributed by atoms with Crippen LogP contribution in [0.5, 0.6) is 0 Å². The molecule has 2 N–H and O–H groups in total. The standard InChI is InChI=1S/C26H27N5O5S2/c1-3-31(4-2)38(34,35)21-13-10-18(11-14-21)22-15-12-20(36-22)17-27-30-26-29-25(33)23(37-26)16-24(32)28-19-8-6-5-7-9-19/h5-15,17,23H,3-4,16H2,1-2H3,(H,28,32)(H,29,30,33). The molecular formula is C26H27N5O5S2. The number of amides is 2. The number of para-hydroxylation sites is 1. The average Bonchev–Trinajstić information content (AvgIpc) is 3.52. The van der Waals surface area contributed by atoms with Gasteiger partial charge in [-0.15, -0.1) is 5.10 Å². The summed E-state index contributed by atoms with van der Waals surface area (Å²) in [4.78, 5) is 24.7. The molecule has 1 aliphatic rings. The number of benzene rings is 2. The van der Waals surface area contributed by atoms with Crippen LogP contribution in [0.2, 0.25) is 0 Å². The summed E-state index contributed by atoms with van der Waals surface area (Å²) in [6.07, 6.45) is 1.41. The molecule has 2 heterocycles. The van der Waals surface area contributed by atoms with Crippen LogP contribution in [0.1, 0.15) is 26.0 Å². The topological polar surface area (TPSA) is 133 Å². The number of thioether (sulfide) groups is 1. The van der Waals surface area contributed by atoms with Crippen molar-refractivity contribution in [3.63, 3.8) is 0 Å². The highest BCUT2D eigenvalue weighted by atomic mass is 32.2. The monoisotopic (exact) mass is 553 g/mol. The molecule has 0 radical (unpaired) electrons. The predicted molar refractivity (Wildman–Crippen MR) is 148 cm³/mol. The minimum atomic E-state index is -3.53. The van der Waals surface area contributed by atoms with Crippen LogP contribution >= 0.6 is 11.8 Å². The molecule has 2 aromatic carbocycles. The lowest BCUT2D eigenvalue weighted by molar-refractivity contribution is -0.122. The van der Waals surface area contributed by atoms with Crippen molar-refractivity contribution in [2.75, 3.05) is 18.4 Å². The Bertz CT molecular complexity index is 1450. The Kier molecular flexibility index (Phi) is 8.77. The van der Waals surface area contributed by atoms with Crippen LogP contribution < -0.4 is 10.6 Å². The molecule has 1 aliphatic heterocycles. The van der Waals surface area contributed by atoms with E-state index in [4.69, 9.17) is 4.42 Å². The molecule has 12 heteroatoms. The third kappa shape index (κ3) is 6.57. The number of nitrogens with zero attached hydrogens (tertiary/aromatic N) is 3. The molecule has 3 aromatic rings. The van der Waals surface area contributed by atoms with E-state index in [-0.39, 0.29) is 23.1 Å². The summed E-state index contributed by atoms with van der Waals surface area (Å²) in [6, 6.07) is 19.0. The van der Waals surface area contributed by atoms with Crippen LogP contribution in [-0.2, 0) is 19.6 Å². The Morgan fingerprint density at radius 3 is 2.47 bits per heavy atom. The van der Waals surface area contributed by atoms with Gasteiger partial charge >= 0.3 is 0 Å². The van der Waals surface area contributed by atoms with Crippen molar-refractivity contribution >= 4 is 50.7 Å². The van der Waals surface area contributed by atoms with Crippen molar-refractivity contribution in [3.05, 3.63) is 72.5 Å². The predicted octanol–water partition coefficient (Wildman–Crippen LogP) is 3.93. The van der Waals surface area contributed by atoms with E-state index < -0.39 is 15.3 Å². The van der Waals surface area contributed by atoms with Crippen LogP contribution in [0.15, 0.2) is 86.2 Å². The number of carbonyl (C=O) groups is 2. The molecule has 4 rings (SSSR count). The molecule has 1 unspecified atom stereocenters. The van der Waals surface area contributed by atoms with Gasteiger partial charge in [-0.3, -0.25) is 9.59 Å². The molecule has 1 aromatic heterocycles. The summed E-state index contributed by atoms with van der Waals surface area (Å²) in [5, 5.41) is 13.1. The first-order valence-corrected chi connectivity index (χ1v) is 14.3. The molecule has 0 saturated carbocycles. The molecule has 38 heavy (non-hydrogen) atoms. The maximum Gasteiger partial charge on any atom is 0.243 e. The summed E-state index contributed by atoms with van der Waals surface area (Å²) in [7, 11) is -3.53. The van der Waals surface area contributed by atoms with Gasteiger partial charge in [0.25, 0.3) is 0 Å². The van der Waals surface area contributed by atoms with Gasteiger partial charge in [-0.05, 0) is 48.5 Å². The quantitative estimate of drug-likeness (QED) is 0.289. The molecule has 2 amide bonds. The van der Waals surface area contributed by atoms with Gasteiger partial charge in [0.05, 0.1) is 11.1 Å². The summed E-state index contributed by atoms with van der Waals surface area (Å²) >= 11 is 1.13. The largest absolute Gasteiger partial charge is 0.455 e. The number of carbonyl (C=O) groups excluding carboxylic acids is 2. The highest BCUT2D eigenvalue weighted by Crippen LogP contribution is 2.25. The number of furan rings is 1. The minimum absolute atomic E-state index is 0.00465. The summed E-state index contributed by atoms with van der Waals surface area (Å²) in [5.41, 5.74) is 1.38. The van der Waals surface area contributed by atoms with Gasteiger partial charge in [0.15, 0.2) is 5.17 Å². The van der Waals surface area contributed by atoms with Crippen molar-refractivity contribution in [3.8, 4) is 11.3 Å². The van der Waals surface area contributed by atoms with Crippen LogP contribution in [0.3, 0.4) is 0 Å². The Morgan fingerprint density at radius 2 is 1.79 bits per heavy atom. The fourth-order valence-electron chi connectivity index (χ4n) is 3.71. The Labute approximate surface area is 225 Å². The Morgan fingerprint density at radius 1 is 1.08 bits per heavy atom. The van der Waals surface area contributed by atoms with E-state index in [9.17, 15) is 18.0 Å². The normalized spacial score (nSPS) is 16.9. The van der Waals surface area contributed by atoms with E-state index in [0.29, 0.717) is 41.0 Å². The number of hydrogen-bond donors (Lipinski definition) is 2. The first-order valence-electron chi connectivity index (χ1n) is 11.9. The molecular weight excluding hydrogens is 526 g/mol. The zero-order chi connectivity index (χ0) is 27.1. The molecule has 1 fully saturated rings. The van der Waals surface area contributed by atoms with E-state index in [0.717, 1.165) is 11.8 Å². The number of sulfonamides is 1. The maximum absolute atomic E-state index is 12.7. The number of anilines is 1. The number of rotatable bonds is 10. The maximum atomic E-state index is 12.7. The average molecular weight is 554 g/mol. The smallest absolute Gasteiger partial charge is 0.243 e. The second-order valence-electron chi connectivity index (χ2n) is 8.18. The lowest BCUT2D eigenvalue weighted by Gasteiger charge is -2.18. The van der Waals surface area contributed by atoms with Gasteiger partial charge in [-0.2, -0.15) is 9.41 Å². The fraction of sp³-hybridized carbons (Fsp3) is 0.231. The van der Waals surface area contributed by atoms with E-state index in [1.807, 2.05) is 18.2 Å². The molecule has 1 saturated heterocycles. The Balaban J connectivity index is 1.34. The van der Waals surface area contributed by atoms with E-state index in [2.05, 4.69) is 20.8 Å². The fourth-order valence-corrected chi connectivity index (χ4v) is 6.09. The summed E-state index contributed by atoms with van der Waals surface area (Å²) in [5.74, 6) is 0.394. The van der Waals surface area contributed by atoms with Gasteiger partial charge in [0.2, 0.25) is 21.8 Å². The van der Waals surface area contributed by atoms with Crippen molar-refractivity contribution in [1.29, 1.82) is 0 Å².